The molecule has 2 aliphatic rings. The smallest absolute Gasteiger partial charge is 0.335 e. The second kappa shape index (κ2) is 6.42. The Morgan fingerprint density at radius 2 is 1.97 bits per heavy atom. The van der Waals surface area contributed by atoms with Crippen LogP contribution in [0.3, 0.4) is 0 Å². The standard InChI is InChI=1S/C18H18F3N7O2/c1-10-13(5-22-28(10)17-23-15(29)14-3-2-4-27(14)24-17)16(30)26-8-12(9-26)25-6-11(7-25)18(19,20)21/h2-5,11-12H,6-9H2,1H3,(H,23,24,29). The molecule has 0 spiro atoms. The second-order valence-corrected chi connectivity index (χ2v) is 7.73. The molecule has 5 rings (SSSR count). The number of hydrogen-bond acceptors (Lipinski definition) is 5. The third-order valence-corrected chi connectivity index (χ3v) is 5.87. The van der Waals surface area contributed by atoms with Crippen LogP contribution in [0.25, 0.3) is 11.5 Å². The van der Waals surface area contributed by atoms with Crippen molar-refractivity contribution in [1.29, 1.82) is 0 Å². The fourth-order valence-corrected chi connectivity index (χ4v) is 3.90. The van der Waals surface area contributed by atoms with Gasteiger partial charge in [-0.1, -0.05) is 0 Å². The number of amides is 1. The van der Waals surface area contributed by atoms with Crippen LogP contribution < -0.4 is 5.56 Å². The molecular weight excluding hydrogens is 403 g/mol. The van der Waals surface area contributed by atoms with Crippen LogP contribution in [-0.2, 0) is 0 Å². The fraction of sp³-hybridized carbons (Fsp3) is 0.444. The van der Waals surface area contributed by atoms with Gasteiger partial charge in [0.1, 0.15) is 5.52 Å². The molecule has 0 aromatic carbocycles. The van der Waals surface area contributed by atoms with Crippen molar-refractivity contribution in [2.24, 2.45) is 5.92 Å². The molecule has 2 aliphatic heterocycles. The van der Waals surface area contributed by atoms with E-state index in [9.17, 15) is 22.8 Å². The van der Waals surface area contributed by atoms with Gasteiger partial charge in [-0.25, -0.2) is 9.20 Å². The summed E-state index contributed by atoms with van der Waals surface area (Å²) in [7, 11) is 0. The molecule has 0 unspecified atom stereocenters. The van der Waals surface area contributed by atoms with E-state index in [1.807, 2.05) is 0 Å². The first-order valence-electron chi connectivity index (χ1n) is 9.45. The number of halogens is 3. The van der Waals surface area contributed by atoms with Crippen LogP contribution in [0.1, 0.15) is 16.1 Å². The number of nitrogens with one attached hydrogen (secondary N) is 1. The van der Waals surface area contributed by atoms with Gasteiger partial charge >= 0.3 is 6.18 Å². The van der Waals surface area contributed by atoms with Gasteiger partial charge in [-0.3, -0.25) is 19.5 Å². The minimum atomic E-state index is -4.15. The van der Waals surface area contributed by atoms with Gasteiger partial charge in [-0.15, -0.1) is 5.10 Å². The molecular formula is C18H18F3N7O2. The van der Waals surface area contributed by atoms with Crippen molar-refractivity contribution >= 4 is 11.4 Å². The number of carbonyl (C=O) groups is 1. The summed E-state index contributed by atoms with van der Waals surface area (Å²) in [4.78, 5) is 31.0. The van der Waals surface area contributed by atoms with E-state index in [2.05, 4.69) is 15.2 Å². The molecule has 0 bridgehead atoms. The second-order valence-electron chi connectivity index (χ2n) is 7.73. The third-order valence-electron chi connectivity index (χ3n) is 5.87. The first-order chi connectivity index (χ1) is 14.2. The van der Waals surface area contributed by atoms with Crippen molar-refractivity contribution in [3.8, 4) is 5.95 Å². The summed E-state index contributed by atoms with van der Waals surface area (Å²) < 4.78 is 40.7. The zero-order chi connectivity index (χ0) is 21.2. The first-order valence-corrected chi connectivity index (χ1v) is 9.45. The molecule has 5 heterocycles. The maximum atomic E-state index is 12.8. The molecule has 0 radical (unpaired) electrons. The Bertz CT molecular complexity index is 1180. The van der Waals surface area contributed by atoms with Crippen LogP contribution in [0.15, 0.2) is 29.3 Å². The molecule has 2 saturated heterocycles. The van der Waals surface area contributed by atoms with Gasteiger partial charge in [0.2, 0.25) is 5.95 Å². The highest BCUT2D eigenvalue weighted by Gasteiger charge is 2.51. The van der Waals surface area contributed by atoms with E-state index in [1.54, 1.807) is 35.1 Å². The van der Waals surface area contributed by atoms with E-state index in [0.29, 0.717) is 29.9 Å². The molecule has 0 aliphatic carbocycles. The SMILES string of the molecule is Cc1c(C(=O)N2CC(N3CC(C(F)(F)F)C3)C2)cnn1-c1nn2cccc2c(=O)[nH]1. The fourth-order valence-electron chi connectivity index (χ4n) is 3.90. The topological polar surface area (TPSA) is 91.5 Å². The molecule has 2 fully saturated rings. The van der Waals surface area contributed by atoms with E-state index in [4.69, 9.17) is 0 Å². The lowest BCUT2D eigenvalue weighted by Crippen LogP contribution is -2.67. The number of carbonyl (C=O) groups excluding carboxylic acids is 1. The largest absolute Gasteiger partial charge is 0.394 e. The highest BCUT2D eigenvalue weighted by molar-refractivity contribution is 5.95. The molecule has 12 heteroatoms. The molecule has 30 heavy (non-hydrogen) atoms. The monoisotopic (exact) mass is 421 g/mol. The minimum absolute atomic E-state index is 0.00589. The van der Waals surface area contributed by atoms with Crippen LogP contribution >= 0.6 is 0 Å². The van der Waals surface area contributed by atoms with Crippen molar-refractivity contribution in [1.82, 2.24) is 34.2 Å². The van der Waals surface area contributed by atoms with Gasteiger partial charge in [0, 0.05) is 38.4 Å². The third kappa shape index (κ3) is 2.90. The number of aromatic amines is 1. The van der Waals surface area contributed by atoms with E-state index >= 15 is 0 Å². The number of alkyl halides is 3. The van der Waals surface area contributed by atoms with E-state index in [-0.39, 0.29) is 36.5 Å². The van der Waals surface area contributed by atoms with Gasteiger partial charge in [0.25, 0.3) is 11.5 Å². The maximum Gasteiger partial charge on any atom is 0.394 e. The number of nitrogens with zero attached hydrogens (tertiary/aromatic N) is 6. The van der Waals surface area contributed by atoms with E-state index < -0.39 is 12.1 Å². The van der Waals surface area contributed by atoms with Gasteiger partial charge in [0.15, 0.2) is 0 Å². The number of hydrogen-bond donors (Lipinski definition) is 1. The number of likely N-dealkylation sites (tertiary alicyclic amines) is 2. The van der Waals surface area contributed by atoms with Crippen molar-refractivity contribution in [3.05, 3.63) is 46.1 Å². The molecule has 158 valence electrons. The maximum absolute atomic E-state index is 12.8. The molecule has 1 amide bonds. The summed E-state index contributed by atoms with van der Waals surface area (Å²) in [5.74, 6) is -1.33. The van der Waals surface area contributed by atoms with Crippen molar-refractivity contribution in [3.63, 3.8) is 0 Å². The lowest BCUT2D eigenvalue weighted by atomic mass is 9.93. The Morgan fingerprint density at radius 3 is 2.67 bits per heavy atom. The Balaban J connectivity index is 1.28. The minimum Gasteiger partial charge on any atom is -0.335 e. The van der Waals surface area contributed by atoms with E-state index in [0.717, 1.165) is 0 Å². The number of aromatic nitrogens is 5. The van der Waals surface area contributed by atoms with Crippen LogP contribution in [-0.4, -0.2) is 78.5 Å². The summed E-state index contributed by atoms with van der Waals surface area (Å²) in [5.41, 5.74) is 0.940. The van der Waals surface area contributed by atoms with E-state index in [1.165, 1.54) is 15.4 Å². The quantitative estimate of drug-likeness (QED) is 0.677. The lowest BCUT2D eigenvalue weighted by molar-refractivity contribution is -0.218. The Kier molecular flexibility index (Phi) is 4.04. The van der Waals surface area contributed by atoms with Gasteiger partial charge < -0.3 is 4.90 Å². The summed E-state index contributed by atoms with van der Waals surface area (Å²) >= 11 is 0. The highest BCUT2D eigenvalue weighted by atomic mass is 19.4. The van der Waals surface area contributed by atoms with Gasteiger partial charge in [-0.2, -0.15) is 18.3 Å². The zero-order valence-corrected chi connectivity index (χ0v) is 15.9. The highest BCUT2D eigenvalue weighted by Crippen LogP contribution is 2.36. The number of rotatable bonds is 3. The molecule has 1 N–H and O–H groups in total. The molecule has 0 atom stereocenters. The molecule has 0 saturated carbocycles. The average molecular weight is 421 g/mol. The van der Waals surface area contributed by atoms with Gasteiger partial charge in [0.05, 0.1) is 23.4 Å². The first kappa shape index (κ1) is 18.9. The number of H-pyrrole nitrogens is 1. The van der Waals surface area contributed by atoms with Crippen molar-refractivity contribution in [2.75, 3.05) is 26.2 Å². The lowest BCUT2D eigenvalue weighted by Gasteiger charge is -2.52. The average Bonchev–Trinajstić information content (AvgIpc) is 3.20. The Hall–Kier alpha value is -3.15. The Labute approximate surface area is 167 Å². The van der Waals surface area contributed by atoms with Crippen LogP contribution in [0.2, 0.25) is 0 Å². The predicted molar refractivity (Wildman–Crippen MR) is 98.5 cm³/mol. The van der Waals surface area contributed by atoms with Crippen LogP contribution in [0, 0.1) is 12.8 Å². The summed E-state index contributed by atoms with van der Waals surface area (Å²) in [6, 6.07) is 3.29. The van der Waals surface area contributed by atoms with Crippen LogP contribution in [0.4, 0.5) is 13.2 Å². The summed E-state index contributed by atoms with van der Waals surface area (Å²) in [6.45, 7) is 2.46. The van der Waals surface area contributed by atoms with Gasteiger partial charge in [-0.05, 0) is 19.1 Å². The van der Waals surface area contributed by atoms with Crippen molar-refractivity contribution in [2.45, 2.75) is 19.1 Å². The number of fused-ring (bicyclic) bond motifs is 1. The Morgan fingerprint density at radius 1 is 1.23 bits per heavy atom. The zero-order valence-electron chi connectivity index (χ0n) is 15.9. The van der Waals surface area contributed by atoms with Crippen molar-refractivity contribution < 1.29 is 18.0 Å². The van der Waals surface area contributed by atoms with Crippen LogP contribution in [0.5, 0.6) is 0 Å². The summed E-state index contributed by atoms with van der Waals surface area (Å²) in [5, 5.41) is 8.48. The summed E-state index contributed by atoms with van der Waals surface area (Å²) in [6.07, 6.45) is -1.10. The predicted octanol–water partition coefficient (Wildman–Crippen LogP) is 0.835. The molecule has 3 aromatic heterocycles. The molecule has 9 nitrogen and oxygen atoms in total. The normalized spacial score (nSPS) is 18.6. The molecule has 3 aromatic rings.